The number of benzene rings is 2. The van der Waals surface area contributed by atoms with Gasteiger partial charge < -0.3 is 5.32 Å². The highest BCUT2D eigenvalue weighted by molar-refractivity contribution is 5.47. The van der Waals surface area contributed by atoms with Crippen molar-refractivity contribution >= 4 is 11.4 Å². The molecule has 0 amide bonds. The molecule has 0 fully saturated rings. The zero-order valence-electron chi connectivity index (χ0n) is 10.6. The first-order valence-electron chi connectivity index (χ1n) is 5.93. The molecule has 0 aliphatic carbocycles. The summed E-state index contributed by atoms with van der Waals surface area (Å²) in [6.45, 7) is 1.76. The molecule has 20 heavy (non-hydrogen) atoms. The molecule has 0 aliphatic rings. The summed E-state index contributed by atoms with van der Waals surface area (Å²) in [5.74, 6) is -1.09. The summed E-state index contributed by atoms with van der Waals surface area (Å²) in [4.78, 5) is 10.1. The molecule has 0 aliphatic heterocycles. The van der Waals surface area contributed by atoms with Crippen LogP contribution in [-0.2, 0) is 0 Å². The van der Waals surface area contributed by atoms with E-state index in [9.17, 15) is 18.9 Å². The Morgan fingerprint density at radius 3 is 2.40 bits per heavy atom. The Balaban J connectivity index is 2.17. The van der Waals surface area contributed by atoms with Gasteiger partial charge in [0.25, 0.3) is 5.69 Å². The van der Waals surface area contributed by atoms with Crippen LogP contribution in [0.25, 0.3) is 0 Å². The maximum absolute atomic E-state index is 13.5. The van der Waals surface area contributed by atoms with Gasteiger partial charge in [-0.1, -0.05) is 12.1 Å². The second-order valence-corrected chi connectivity index (χ2v) is 4.34. The molecule has 4 nitrogen and oxygen atoms in total. The van der Waals surface area contributed by atoms with Crippen LogP contribution < -0.4 is 5.32 Å². The minimum atomic E-state index is -0.555. The zero-order valence-corrected chi connectivity index (χ0v) is 10.6. The number of nitrogens with one attached hydrogen (secondary N) is 1. The van der Waals surface area contributed by atoms with E-state index in [-0.39, 0.29) is 17.4 Å². The summed E-state index contributed by atoms with van der Waals surface area (Å²) in [6.07, 6.45) is 0. The monoisotopic (exact) mass is 278 g/mol. The van der Waals surface area contributed by atoms with E-state index >= 15 is 0 Å². The van der Waals surface area contributed by atoms with E-state index in [0.29, 0.717) is 0 Å². The Morgan fingerprint density at radius 1 is 1.15 bits per heavy atom. The molecular weight excluding hydrogens is 266 g/mol. The summed E-state index contributed by atoms with van der Waals surface area (Å²) in [6, 6.07) is 8.73. The molecule has 0 heterocycles. The first kappa shape index (κ1) is 13.9. The van der Waals surface area contributed by atoms with Gasteiger partial charge in [0.05, 0.1) is 10.6 Å². The van der Waals surface area contributed by atoms with Crippen molar-refractivity contribution in [3.8, 4) is 0 Å². The number of hydrogen-bond acceptors (Lipinski definition) is 3. The van der Waals surface area contributed by atoms with E-state index < -0.39 is 16.6 Å². The topological polar surface area (TPSA) is 55.2 Å². The van der Waals surface area contributed by atoms with Crippen molar-refractivity contribution in [2.45, 2.75) is 13.0 Å². The average Bonchev–Trinajstić information content (AvgIpc) is 2.43. The summed E-state index contributed by atoms with van der Waals surface area (Å²) >= 11 is 0. The largest absolute Gasteiger partial charge is 0.376 e. The molecular formula is C14H12F2N2O2. The van der Waals surface area contributed by atoms with Gasteiger partial charge in [-0.25, -0.2) is 8.78 Å². The van der Waals surface area contributed by atoms with Gasteiger partial charge in [-0.3, -0.25) is 10.1 Å². The van der Waals surface area contributed by atoms with E-state index in [1.165, 1.54) is 12.1 Å². The number of anilines is 1. The Morgan fingerprint density at radius 2 is 1.80 bits per heavy atom. The first-order valence-corrected chi connectivity index (χ1v) is 5.93. The molecule has 0 radical (unpaired) electrons. The van der Waals surface area contributed by atoms with E-state index in [0.717, 1.165) is 23.8 Å². The molecule has 2 rings (SSSR count). The quantitative estimate of drug-likeness (QED) is 0.678. The predicted octanol–water partition coefficient (Wildman–Crippen LogP) is 4.05. The highest BCUT2D eigenvalue weighted by Gasteiger charge is 2.11. The van der Waals surface area contributed by atoms with E-state index in [1.807, 2.05) is 0 Å². The molecule has 2 aromatic carbocycles. The van der Waals surface area contributed by atoms with Gasteiger partial charge in [0, 0.05) is 18.2 Å². The second kappa shape index (κ2) is 5.64. The molecule has 104 valence electrons. The van der Waals surface area contributed by atoms with E-state index in [4.69, 9.17) is 0 Å². The van der Waals surface area contributed by atoms with Crippen molar-refractivity contribution in [3.63, 3.8) is 0 Å². The van der Waals surface area contributed by atoms with Gasteiger partial charge in [-0.05, 0) is 30.7 Å². The van der Waals surface area contributed by atoms with Gasteiger partial charge in [-0.2, -0.15) is 0 Å². The molecule has 1 atom stereocenters. The normalized spacial score (nSPS) is 11.9. The number of halogens is 2. The Hall–Kier alpha value is -2.50. The molecule has 0 aromatic heterocycles. The Labute approximate surface area is 114 Å². The third-order valence-electron chi connectivity index (χ3n) is 2.90. The lowest BCUT2D eigenvalue weighted by atomic mass is 10.1. The fraction of sp³-hybridized carbons (Fsp3) is 0.143. The van der Waals surface area contributed by atoms with Crippen molar-refractivity contribution in [2.75, 3.05) is 5.32 Å². The van der Waals surface area contributed by atoms with Crippen molar-refractivity contribution in [1.29, 1.82) is 0 Å². The summed E-state index contributed by atoms with van der Waals surface area (Å²) < 4.78 is 26.6. The van der Waals surface area contributed by atoms with Crippen molar-refractivity contribution in [2.24, 2.45) is 0 Å². The highest BCUT2D eigenvalue weighted by atomic mass is 19.1. The Bertz CT molecular complexity index is 630. The molecule has 0 bridgehead atoms. The maximum Gasteiger partial charge on any atom is 0.269 e. The SMILES string of the molecule is CC(Nc1cc(F)ccc1F)c1ccc([N+](=O)[O-])cc1. The minimum absolute atomic E-state index is 0.0158. The van der Waals surface area contributed by atoms with Crippen LogP contribution in [0.1, 0.15) is 18.5 Å². The number of nitrogens with zero attached hydrogens (tertiary/aromatic N) is 1. The Kier molecular flexibility index (Phi) is 3.93. The summed E-state index contributed by atoms with van der Waals surface area (Å²) in [7, 11) is 0. The lowest BCUT2D eigenvalue weighted by molar-refractivity contribution is -0.384. The van der Waals surface area contributed by atoms with E-state index in [2.05, 4.69) is 5.32 Å². The summed E-state index contributed by atoms with van der Waals surface area (Å²) in [5, 5.41) is 13.4. The third kappa shape index (κ3) is 3.09. The smallest absolute Gasteiger partial charge is 0.269 e. The van der Waals surface area contributed by atoms with Gasteiger partial charge in [0.1, 0.15) is 11.6 Å². The number of hydrogen-bond donors (Lipinski definition) is 1. The van der Waals surface area contributed by atoms with E-state index in [1.54, 1.807) is 19.1 Å². The molecule has 0 spiro atoms. The maximum atomic E-state index is 13.5. The number of non-ortho nitro benzene ring substituents is 1. The van der Waals surface area contributed by atoms with Gasteiger partial charge in [0.2, 0.25) is 0 Å². The standard InChI is InChI=1S/C14H12F2N2O2/c1-9(10-2-5-12(6-3-10)18(19)20)17-14-8-11(15)4-7-13(14)16/h2-9,17H,1H3. The van der Waals surface area contributed by atoms with Crippen LogP contribution in [0.5, 0.6) is 0 Å². The minimum Gasteiger partial charge on any atom is -0.376 e. The second-order valence-electron chi connectivity index (χ2n) is 4.34. The molecule has 0 saturated carbocycles. The van der Waals surface area contributed by atoms with Crippen LogP contribution in [0, 0.1) is 21.7 Å². The molecule has 1 unspecified atom stereocenters. The molecule has 0 saturated heterocycles. The fourth-order valence-electron chi connectivity index (χ4n) is 1.81. The van der Waals surface area contributed by atoms with Gasteiger partial charge >= 0.3 is 0 Å². The predicted molar refractivity (Wildman–Crippen MR) is 71.5 cm³/mol. The fourth-order valence-corrected chi connectivity index (χ4v) is 1.81. The molecule has 1 N–H and O–H groups in total. The van der Waals surface area contributed by atoms with Crippen molar-refractivity contribution in [3.05, 3.63) is 69.8 Å². The van der Waals surface area contributed by atoms with Crippen LogP contribution in [0.2, 0.25) is 0 Å². The van der Waals surface area contributed by atoms with Crippen LogP contribution in [0.3, 0.4) is 0 Å². The van der Waals surface area contributed by atoms with Crippen LogP contribution in [0.15, 0.2) is 42.5 Å². The zero-order chi connectivity index (χ0) is 14.7. The number of rotatable bonds is 4. The number of nitro benzene ring substituents is 1. The van der Waals surface area contributed by atoms with Crippen molar-refractivity contribution < 1.29 is 13.7 Å². The first-order chi connectivity index (χ1) is 9.47. The van der Waals surface area contributed by atoms with Crippen LogP contribution in [-0.4, -0.2) is 4.92 Å². The van der Waals surface area contributed by atoms with Crippen molar-refractivity contribution in [1.82, 2.24) is 0 Å². The van der Waals surface area contributed by atoms with Crippen LogP contribution >= 0.6 is 0 Å². The highest BCUT2D eigenvalue weighted by Crippen LogP contribution is 2.23. The summed E-state index contributed by atoms with van der Waals surface area (Å²) in [5.41, 5.74) is 0.771. The lowest BCUT2D eigenvalue weighted by Gasteiger charge is -2.16. The van der Waals surface area contributed by atoms with Gasteiger partial charge in [-0.15, -0.1) is 0 Å². The third-order valence-corrected chi connectivity index (χ3v) is 2.90. The van der Waals surface area contributed by atoms with Gasteiger partial charge in [0.15, 0.2) is 0 Å². The lowest BCUT2D eigenvalue weighted by Crippen LogP contribution is -2.08. The average molecular weight is 278 g/mol. The molecule has 2 aromatic rings. The van der Waals surface area contributed by atoms with Crippen LogP contribution in [0.4, 0.5) is 20.2 Å². The number of nitro groups is 1. The molecule has 6 heteroatoms.